The van der Waals surface area contributed by atoms with Crippen molar-refractivity contribution in [2.75, 3.05) is 11.9 Å². The van der Waals surface area contributed by atoms with Crippen LogP contribution in [0.2, 0.25) is 0 Å². The molecular formula is C16H10F5N3O2S2. The molecule has 1 N–H and O–H groups in total. The number of hydrogen-bond donors (Lipinski definition) is 1. The van der Waals surface area contributed by atoms with Crippen molar-refractivity contribution in [3.05, 3.63) is 42.1 Å². The molecule has 0 saturated carbocycles. The number of aromatic nitrogens is 2. The van der Waals surface area contributed by atoms with Gasteiger partial charge in [-0.05, 0) is 42.1 Å². The fourth-order valence-electron chi connectivity index (χ4n) is 2.12. The predicted molar refractivity (Wildman–Crippen MR) is 95.2 cm³/mol. The molecule has 0 saturated heterocycles. The Bertz CT molecular complexity index is 994. The maximum Gasteiger partial charge on any atom is 0.422 e. The predicted octanol–water partition coefficient (Wildman–Crippen LogP) is 5.20. The fourth-order valence-corrected chi connectivity index (χ4v) is 3.59. The lowest BCUT2D eigenvalue weighted by molar-refractivity contribution is -0.153. The number of thioether (sulfide) groups is 1. The summed E-state index contributed by atoms with van der Waals surface area (Å²) in [7, 11) is 0. The molecule has 0 radical (unpaired) electrons. The van der Waals surface area contributed by atoms with Crippen LogP contribution in [0.25, 0.3) is 10.2 Å². The van der Waals surface area contributed by atoms with Gasteiger partial charge in [-0.15, -0.1) is 0 Å². The highest BCUT2D eigenvalue weighted by molar-refractivity contribution is 7.99. The van der Waals surface area contributed by atoms with Crippen LogP contribution in [0.3, 0.4) is 0 Å². The molecule has 0 aliphatic rings. The van der Waals surface area contributed by atoms with Crippen LogP contribution in [0.4, 0.5) is 27.1 Å². The second kappa shape index (κ2) is 8.27. The highest BCUT2D eigenvalue weighted by atomic mass is 32.2. The van der Waals surface area contributed by atoms with E-state index >= 15 is 0 Å². The van der Waals surface area contributed by atoms with Crippen LogP contribution < -0.4 is 10.1 Å². The molecule has 3 rings (SSSR count). The Labute approximate surface area is 162 Å². The highest BCUT2D eigenvalue weighted by Crippen LogP contribution is 2.31. The number of alkyl halides is 5. The second-order valence-electron chi connectivity index (χ2n) is 5.24. The minimum Gasteiger partial charge on any atom is -0.484 e. The van der Waals surface area contributed by atoms with Crippen molar-refractivity contribution in [3.8, 4) is 5.75 Å². The van der Waals surface area contributed by atoms with E-state index in [0.29, 0.717) is 10.2 Å². The molecule has 2 aromatic heterocycles. The zero-order chi connectivity index (χ0) is 20.3. The Morgan fingerprint density at radius 2 is 2.07 bits per heavy atom. The molecule has 0 bridgehead atoms. The summed E-state index contributed by atoms with van der Waals surface area (Å²) >= 11 is 1.16. The van der Waals surface area contributed by atoms with Crippen LogP contribution in [0, 0.1) is 0 Å². The minimum absolute atomic E-state index is 0.00855. The van der Waals surface area contributed by atoms with Gasteiger partial charge in [0.1, 0.15) is 10.8 Å². The van der Waals surface area contributed by atoms with Crippen LogP contribution in [0.1, 0.15) is 10.4 Å². The van der Waals surface area contributed by atoms with Crippen molar-refractivity contribution in [2.24, 2.45) is 0 Å². The maximum absolute atomic E-state index is 12.6. The third-order valence-corrected chi connectivity index (χ3v) is 4.86. The van der Waals surface area contributed by atoms with E-state index < -0.39 is 24.4 Å². The van der Waals surface area contributed by atoms with Crippen LogP contribution >= 0.6 is 23.1 Å². The van der Waals surface area contributed by atoms with Gasteiger partial charge >= 0.3 is 6.18 Å². The summed E-state index contributed by atoms with van der Waals surface area (Å²) in [5, 5.41) is 2.52. The number of halogens is 5. The molecule has 0 fully saturated rings. The summed E-state index contributed by atoms with van der Waals surface area (Å²) in [5.74, 6) is -3.41. The first-order valence-corrected chi connectivity index (χ1v) is 9.22. The van der Waals surface area contributed by atoms with Crippen molar-refractivity contribution < 1.29 is 31.5 Å². The van der Waals surface area contributed by atoms with Crippen LogP contribution in [-0.4, -0.2) is 34.4 Å². The van der Waals surface area contributed by atoms with Crippen molar-refractivity contribution in [1.82, 2.24) is 9.97 Å². The molecule has 0 unspecified atom stereocenters. The SMILES string of the molecule is O=C(Nc1nc2ccc(OCC(F)(F)F)cc2s1)c1cccnc1SC(F)F. The molecule has 12 heteroatoms. The van der Waals surface area contributed by atoms with Gasteiger partial charge in [0, 0.05) is 6.20 Å². The molecule has 1 aromatic carbocycles. The van der Waals surface area contributed by atoms with Gasteiger partial charge in [-0.3, -0.25) is 10.1 Å². The smallest absolute Gasteiger partial charge is 0.422 e. The number of amides is 1. The summed E-state index contributed by atoms with van der Waals surface area (Å²) in [5.41, 5.74) is 0.397. The molecule has 0 atom stereocenters. The minimum atomic E-state index is -4.46. The van der Waals surface area contributed by atoms with Gasteiger partial charge in [0.15, 0.2) is 11.7 Å². The van der Waals surface area contributed by atoms with Gasteiger partial charge < -0.3 is 4.74 Å². The number of carbonyl (C=O) groups is 1. The lowest BCUT2D eigenvalue weighted by atomic mass is 10.3. The van der Waals surface area contributed by atoms with Crippen molar-refractivity contribution in [1.29, 1.82) is 0 Å². The van der Waals surface area contributed by atoms with Gasteiger partial charge in [-0.1, -0.05) is 11.3 Å². The van der Waals surface area contributed by atoms with E-state index in [1.54, 1.807) is 0 Å². The average molecular weight is 435 g/mol. The van der Waals surface area contributed by atoms with E-state index in [0.717, 1.165) is 11.3 Å². The van der Waals surface area contributed by atoms with E-state index in [4.69, 9.17) is 0 Å². The number of thiazole rings is 1. The van der Waals surface area contributed by atoms with Crippen molar-refractivity contribution in [3.63, 3.8) is 0 Å². The summed E-state index contributed by atoms with van der Waals surface area (Å²) in [6.07, 6.45) is -3.17. The van der Waals surface area contributed by atoms with Crippen molar-refractivity contribution >= 4 is 44.4 Å². The number of nitrogens with one attached hydrogen (secondary N) is 1. The zero-order valence-corrected chi connectivity index (χ0v) is 15.3. The number of anilines is 1. The largest absolute Gasteiger partial charge is 0.484 e. The quantitative estimate of drug-likeness (QED) is 0.426. The Kier molecular flexibility index (Phi) is 5.98. The number of nitrogens with zero attached hydrogens (tertiary/aromatic N) is 2. The number of ether oxygens (including phenoxy) is 1. The summed E-state index contributed by atoms with van der Waals surface area (Å²) in [4.78, 5) is 20.3. The molecule has 2 heterocycles. The van der Waals surface area contributed by atoms with E-state index in [2.05, 4.69) is 20.0 Å². The van der Waals surface area contributed by atoms with Gasteiger partial charge in [0.2, 0.25) is 0 Å². The van der Waals surface area contributed by atoms with Crippen LogP contribution in [0.5, 0.6) is 5.75 Å². The number of benzene rings is 1. The average Bonchev–Trinajstić information content (AvgIpc) is 3.00. The first-order valence-electron chi connectivity index (χ1n) is 7.52. The molecular weight excluding hydrogens is 425 g/mol. The van der Waals surface area contributed by atoms with Gasteiger partial charge in [-0.2, -0.15) is 22.0 Å². The van der Waals surface area contributed by atoms with Gasteiger partial charge in [-0.25, -0.2) is 9.97 Å². The van der Waals surface area contributed by atoms with E-state index in [9.17, 15) is 26.7 Å². The fraction of sp³-hybridized carbons (Fsp3) is 0.188. The molecule has 3 aromatic rings. The summed E-state index contributed by atoms with van der Waals surface area (Å²) in [6, 6.07) is 6.94. The summed E-state index contributed by atoms with van der Waals surface area (Å²) in [6.45, 7) is -1.42. The highest BCUT2D eigenvalue weighted by Gasteiger charge is 2.28. The maximum atomic E-state index is 12.6. The molecule has 148 valence electrons. The van der Waals surface area contributed by atoms with Crippen LogP contribution in [0.15, 0.2) is 41.6 Å². The third kappa shape index (κ3) is 5.29. The van der Waals surface area contributed by atoms with Crippen molar-refractivity contribution in [2.45, 2.75) is 17.0 Å². The Morgan fingerprint density at radius 1 is 1.29 bits per heavy atom. The number of fused-ring (bicyclic) bond motifs is 1. The Morgan fingerprint density at radius 3 is 2.79 bits per heavy atom. The number of pyridine rings is 1. The molecule has 0 spiro atoms. The van der Waals surface area contributed by atoms with Gasteiger partial charge in [0.25, 0.3) is 11.7 Å². The normalized spacial score (nSPS) is 11.8. The summed E-state index contributed by atoms with van der Waals surface area (Å²) < 4.78 is 67.1. The molecule has 28 heavy (non-hydrogen) atoms. The Balaban J connectivity index is 1.77. The monoisotopic (exact) mass is 435 g/mol. The second-order valence-corrected chi connectivity index (χ2v) is 7.25. The molecule has 5 nitrogen and oxygen atoms in total. The number of rotatable bonds is 6. The first-order chi connectivity index (χ1) is 13.2. The molecule has 0 aliphatic heterocycles. The first kappa shape index (κ1) is 20.3. The van der Waals surface area contributed by atoms with E-state index in [-0.39, 0.29) is 33.2 Å². The number of hydrogen-bond acceptors (Lipinski definition) is 6. The van der Waals surface area contributed by atoms with E-state index in [1.165, 1.54) is 36.5 Å². The standard InChI is InChI=1S/C16H10F5N3O2S2/c17-14(18)28-13-9(2-1-5-22-13)12(25)24-15-23-10-4-3-8(6-11(10)27-15)26-7-16(19,20)21/h1-6,14H,7H2,(H,23,24,25). The molecule has 1 amide bonds. The van der Waals surface area contributed by atoms with Crippen LogP contribution in [-0.2, 0) is 0 Å². The number of carbonyl (C=O) groups excluding carboxylic acids is 1. The third-order valence-electron chi connectivity index (χ3n) is 3.20. The Hall–Kier alpha value is -2.47. The van der Waals surface area contributed by atoms with E-state index in [1.807, 2.05) is 0 Å². The molecule has 0 aliphatic carbocycles. The topological polar surface area (TPSA) is 64.1 Å². The van der Waals surface area contributed by atoms with Gasteiger partial charge in [0.05, 0.1) is 15.8 Å². The lowest BCUT2D eigenvalue weighted by Gasteiger charge is -2.08. The zero-order valence-electron chi connectivity index (χ0n) is 13.7. The lowest BCUT2D eigenvalue weighted by Crippen LogP contribution is -2.19.